The van der Waals surface area contributed by atoms with E-state index in [4.69, 9.17) is 14.7 Å². The van der Waals surface area contributed by atoms with Gasteiger partial charge in [-0.25, -0.2) is 9.98 Å². The van der Waals surface area contributed by atoms with Crippen molar-refractivity contribution in [3.63, 3.8) is 0 Å². The highest BCUT2D eigenvalue weighted by Gasteiger charge is 2.25. The quantitative estimate of drug-likeness (QED) is 0.234. The van der Waals surface area contributed by atoms with Gasteiger partial charge in [0.05, 0.1) is 22.8 Å². The largest absolute Gasteiger partial charge is 0.453 e. The van der Waals surface area contributed by atoms with Gasteiger partial charge in [-0.2, -0.15) is 0 Å². The van der Waals surface area contributed by atoms with Crippen LogP contribution in [0.15, 0.2) is 150 Å². The molecule has 0 atom stereocenters. The number of para-hydroxylation sites is 4. The summed E-state index contributed by atoms with van der Waals surface area (Å²) in [4.78, 5) is 12.5. The maximum absolute atomic E-state index is 6.19. The number of hydrogen-bond acceptors (Lipinski definition) is 4. The smallest absolute Gasteiger partial charge is 0.160 e. The molecule has 0 amide bonds. The zero-order chi connectivity index (χ0) is 26.7. The lowest BCUT2D eigenvalue weighted by Crippen LogP contribution is -2.16. The Morgan fingerprint density at radius 1 is 0.525 bits per heavy atom. The Morgan fingerprint density at radius 3 is 1.75 bits per heavy atom. The van der Waals surface area contributed by atoms with Crippen molar-refractivity contribution >= 4 is 34.3 Å². The minimum Gasteiger partial charge on any atom is -0.453 e. The van der Waals surface area contributed by atoms with Crippen LogP contribution in [-0.2, 0) is 0 Å². The first-order valence-corrected chi connectivity index (χ1v) is 13.6. The third kappa shape index (κ3) is 4.61. The number of fused-ring (bicyclic) bond motifs is 2. The summed E-state index contributed by atoms with van der Waals surface area (Å²) in [6.45, 7) is 0. The van der Waals surface area contributed by atoms with E-state index in [2.05, 4.69) is 71.6 Å². The summed E-state index contributed by atoms with van der Waals surface area (Å²) >= 11 is 0. The Morgan fingerprint density at radius 2 is 1.10 bits per heavy atom. The fourth-order valence-electron chi connectivity index (χ4n) is 5.22. The van der Waals surface area contributed by atoms with Crippen molar-refractivity contribution in [3.8, 4) is 11.5 Å². The van der Waals surface area contributed by atoms with Crippen LogP contribution in [0.2, 0.25) is 0 Å². The van der Waals surface area contributed by atoms with Crippen molar-refractivity contribution in [1.82, 2.24) is 0 Å². The third-order valence-electron chi connectivity index (χ3n) is 7.18. The molecule has 40 heavy (non-hydrogen) atoms. The summed E-state index contributed by atoms with van der Waals surface area (Å²) < 4.78 is 6.19. The molecule has 0 bridgehead atoms. The number of anilines is 3. The molecule has 7 rings (SSSR count). The molecule has 0 unspecified atom stereocenters. The Hall–Kier alpha value is -5.22. The Balaban J connectivity index is 1.27. The van der Waals surface area contributed by atoms with E-state index in [-0.39, 0.29) is 0 Å². The van der Waals surface area contributed by atoms with Crippen molar-refractivity contribution in [2.24, 2.45) is 9.98 Å². The highest BCUT2D eigenvalue weighted by atomic mass is 16.5. The van der Waals surface area contributed by atoms with Gasteiger partial charge >= 0.3 is 0 Å². The molecule has 4 heteroatoms. The van der Waals surface area contributed by atoms with Crippen LogP contribution in [0.1, 0.15) is 29.5 Å². The van der Waals surface area contributed by atoms with Gasteiger partial charge in [0.25, 0.3) is 0 Å². The maximum Gasteiger partial charge on any atom is 0.160 e. The lowest BCUT2D eigenvalue weighted by Gasteiger charge is -2.32. The van der Waals surface area contributed by atoms with Gasteiger partial charge < -0.3 is 9.64 Å². The van der Waals surface area contributed by atoms with Crippen LogP contribution in [0, 0.1) is 0 Å². The molecule has 0 saturated heterocycles. The minimum absolute atomic E-state index is 0.727. The predicted molar refractivity (Wildman–Crippen MR) is 164 cm³/mol. The number of aliphatic imine (C=N–C) groups is 2. The number of allylic oxidation sites excluding steroid dienone is 1. The van der Waals surface area contributed by atoms with E-state index in [9.17, 15) is 0 Å². The molecule has 0 radical (unpaired) electrons. The average Bonchev–Trinajstić information content (AvgIpc) is 3.01. The molecule has 0 N–H and O–H groups in total. The van der Waals surface area contributed by atoms with Crippen LogP contribution in [0.25, 0.3) is 5.70 Å². The number of amidine groups is 1. The minimum atomic E-state index is 0.727. The fourth-order valence-corrected chi connectivity index (χ4v) is 5.22. The number of rotatable bonds is 4. The van der Waals surface area contributed by atoms with Crippen molar-refractivity contribution in [2.75, 3.05) is 4.90 Å². The fraction of sp³-hybridized carbons (Fsp3) is 0.0556. The van der Waals surface area contributed by atoms with Crippen LogP contribution < -0.4 is 9.64 Å². The van der Waals surface area contributed by atoms with Crippen LogP contribution in [0.3, 0.4) is 0 Å². The molecule has 192 valence electrons. The number of hydrogen-bond donors (Lipinski definition) is 0. The van der Waals surface area contributed by atoms with E-state index in [1.165, 1.54) is 0 Å². The highest BCUT2D eigenvalue weighted by molar-refractivity contribution is 6.14. The molecule has 5 aromatic rings. The van der Waals surface area contributed by atoms with E-state index in [0.717, 1.165) is 75.3 Å². The molecular formula is C36H27N3O. The summed E-state index contributed by atoms with van der Waals surface area (Å²) in [5.74, 6) is 2.42. The Labute approximate surface area is 234 Å². The van der Waals surface area contributed by atoms with Crippen LogP contribution >= 0.6 is 0 Å². The van der Waals surface area contributed by atoms with Gasteiger partial charge in [-0.15, -0.1) is 0 Å². The predicted octanol–water partition coefficient (Wildman–Crippen LogP) is 9.33. The topological polar surface area (TPSA) is 37.2 Å². The van der Waals surface area contributed by atoms with Crippen molar-refractivity contribution < 1.29 is 4.74 Å². The van der Waals surface area contributed by atoms with Gasteiger partial charge in [0.2, 0.25) is 0 Å². The first-order chi connectivity index (χ1) is 19.8. The first kappa shape index (κ1) is 23.9. The zero-order valence-corrected chi connectivity index (χ0v) is 21.9. The second-order valence-electron chi connectivity index (χ2n) is 9.77. The molecule has 0 fully saturated rings. The molecule has 0 saturated carbocycles. The summed E-state index contributed by atoms with van der Waals surface area (Å²) in [6, 6.07) is 45.5. The molecule has 0 aromatic heterocycles. The van der Waals surface area contributed by atoms with Gasteiger partial charge in [0.1, 0.15) is 0 Å². The first-order valence-electron chi connectivity index (χ1n) is 13.6. The van der Waals surface area contributed by atoms with E-state index >= 15 is 0 Å². The van der Waals surface area contributed by atoms with Gasteiger partial charge in [-0.05, 0) is 60.4 Å². The maximum atomic E-state index is 6.19. The Bertz CT molecular complexity index is 1710. The molecule has 0 spiro atoms. The zero-order valence-electron chi connectivity index (χ0n) is 21.9. The molecule has 2 aliphatic rings. The highest BCUT2D eigenvalue weighted by Crippen LogP contribution is 2.49. The van der Waals surface area contributed by atoms with Gasteiger partial charge in [-0.3, -0.25) is 0 Å². The van der Waals surface area contributed by atoms with Gasteiger partial charge in [0.15, 0.2) is 17.3 Å². The SMILES string of the molecule is C1=C(/c2ccccc2)N=C(c2ccccc2)N=C(c2ccc(N3c4ccccc4Oc4ccccc43)cc2)CC/1. The van der Waals surface area contributed by atoms with Crippen molar-refractivity contribution in [1.29, 1.82) is 0 Å². The lowest BCUT2D eigenvalue weighted by molar-refractivity contribution is 0.477. The lowest BCUT2D eigenvalue weighted by atomic mass is 10.0. The standard InChI is InChI=1S/C36H27N3O/c1-3-12-26(13-4-1)30-16-11-17-31(38-36(37-30)28-14-5-2-6-15-28)27-22-24-29(25-23-27)39-32-18-7-9-20-34(32)40-35-21-10-8-19-33(35)39/h1-10,12-16,18-25H,11,17H2/b30-16-,37-36?,38-31?. The van der Waals surface area contributed by atoms with Gasteiger partial charge in [-0.1, -0.05) is 103 Å². The molecular weight excluding hydrogens is 490 g/mol. The van der Waals surface area contributed by atoms with Crippen LogP contribution in [0.5, 0.6) is 11.5 Å². The molecule has 2 heterocycles. The molecule has 2 aliphatic heterocycles. The molecule has 0 aliphatic carbocycles. The second kappa shape index (κ2) is 10.5. The molecule has 4 nitrogen and oxygen atoms in total. The van der Waals surface area contributed by atoms with Gasteiger partial charge in [0, 0.05) is 11.3 Å². The summed E-state index contributed by atoms with van der Waals surface area (Å²) in [6.07, 6.45) is 3.91. The third-order valence-corrected chi connectivity index (χ3v) is 7.18. The van der Waals surface area contributed by atoms with Crippen LogP contribution in [0.4, 0.5) is 17.1 Å². The Kier molecular flexibility index (Phi) is 6.27. The second-order valence-corrected chi connectivity index (χ2v) is 9.77. The monoisotopic (exact) mass is 517 g/mol. The summed E-state index contributed by atoms with van der Waals surface area (Å²) in [5, 5.41) is 0. The summed E-state index contributed by atoms with van der Waals surface area (Å²) in [5.41, 5.74) is 8.30. The van der Waals surface area contributed by atoms with Crippen molar-refractivity contribution in [2.45, 2.75) is 12.8 Å². The average molecular weight is 518 g/mol. The van der Waals surface area contributed by atoms with Crippen molar-refractivity contribution in [3.05, 3.63) is 156 Å². The number of nitrogens with zero attached hydrogens (tertiary/aromatic N) is 3. The number of benzene rings is 5. The normalized spacial score (nSPS) is 15.7. The number of ether oxygens (including phenoxy) is 1. The van der Waals surface area contributed by atoms with E-state index < -0.39 is 0 Å². The molecule has 5 aromatic carbocycles. The van der Waals surface area contributed by atoms with E-state index in [0.29, 0.717) is 0 Å². The van der Waals surface area contributed by atoms with E-state index in [1.54, 1.807) is 0 Å². The van der Waals surface area contributed by atoms with E-state index in [1.807, 2.05) is 72.8 Å². The summed E-state index contributed by atoms with van der Waals surface area (Å²) in [7, 11) is 0. The van der Waals surface area contributed by atoms with Crippen LogP contribution in [-0.4, -0.2) is 11.5 Å².